The van der Waals surface area contributed by atoms with Gasteiger partial charge in [-0.1, -0.05) is 12.1 Å². The molecule has 1 aromatic rings. The van der Waals surface area contributed by atoms with Crippen LogP contribution in [0.3, 0.4) is 0 Å². The van der Waals surface area contributed by atoms with Crippen molar-refractivity contribution in [3.05, 3.63) is 29.3 Å². The lowest BCUT2D eigenvalue weighted by molar-refractivity contribution is -0.142. The van der Waals surface area contributed by atoms with Crippen LogP contribution in [-0.4, -0.2) is 35.7 Å². The molecule has 2 rings (SSSR count). The normalized spacial score (nSPS) is 15.6. The minimum atomic E-state index is -0.255. The molecular formula is C15H21NO3. The van der Waals surface area contributed by atoms with Crippen LogP contribution >= 0.6 is 0 Å². The van der Waals surface area contributed by atoms with Gasteiger partial charge in [0, 0.05) is 12.1 Å². The van der Waals surface area contributed by atoms with Crippen LogP contribution in [0.1, 0.15) is 30.9 Å². The summed E-state index contributed by atoms with van der Waals surface area (Å²) in [6.07, 6.45) is 2.69. The van der Waals surface area contributed by atoms with Crippen molar-refractivity contribution in [1.29, 1.82) is 0 Å². The summed E-state index contributed by atoms with van der Waals surface area (Å²) in [6, 6.07) is 5.46. The van der Waals surface area contributed by atoms with Crippen molar-refractivity contribution < 1.29 is 14.6 Å². The van der Waals surface area contributed by atoms with Crippen molar-refractivity contribution in [2.45, 2.75) is 32.7 Å². The molecule has 19 heavy (non-hydrogen) atoms. The number of benzene rings is 1. The van der Waals surface area contributed by atoms with E-state index in [1.165, 1.54) is 12.8 Å². The fraction of sp³-hybridized carbons (Fsp3) is 0.533. The van der Waals surface area contributed by atoms with Gasteiger partial charge in [0.25, 0.3) is 0 Å². The highest BCUT2D eigenvalue weighted by Gasteiger charge is 2.14. The number of carbonyl (C=O) groups is 1. The monoisotopic (exact) mass is 263 g/mol. The van der Waals surface area contributed by atoms with Gasteiger partial charge < -0.3 is 9.84 Å². The van der Waals surface area contributed by atoms with Gasteiger partial charge in [0.15, 0.2) is 0 Å². The number of rotatable bonds is 5. The quantitative estimate of drug-likeness (QED) is 0.826. The number of phenols is 1. The molecule has 0 unspecified atom stereocenters. The SMILES string of the molecule is CCOC(=O)Cc1ccc(CN2CCCC2)c(O)c1. The molecule has 0 aromatic heterocycles. The summed E-state index contributed by atoms with van der Waals surface area (Å²) in [5.74, 6) is 0.0166. The average molecular weight is 263 g/mol. The molecule has 0 saturated carbocycles. The van der Waals surface area contributed by atoms with E-state index in [1.807, 2.05) is 12.1 Å². The van der Waals surface area contributed by atoms with Gasteiger partial charge in [0.05, 0.1) is 13.0 Å². The first-order chi connectivity index (χ1) is 9.19. The third kappa shape index (κ3) is 3.96. The summed E-state index contributed by atoms with van der Waals surface area (Å²) in [6.45, 7) is 5.16. The molecular weight excluding hydrogens is 242 g/mol. The zero-order chi connectivity index (χ0) is 13.7. The lowest BCUT2D eigenvalue weighted by Crippen LogP contribution is -2.18. The van der Waals surface area contributed by atoms with Crippen molar-refractivity contribution in [2.75, 3.05) is 19.7 Å². The molecule has 1 aliphatic heterocycles. The van der Waals surface area contributed by atoms with Gasteiger partial charge in [-0.15, -0.1) is 0 Å². The molecule has 1 aromatic carbocycles. The van der Waals surface area contributed by atoms with Crippen molar-refractivity contribution in [1.82, 2.24) is 4.90 Å². The molecule has 1 fully saturated rings. The summed E-state index contributed by atoms with van der Waals surface area (Å²) in [4.78, 5) is 13.7. The molecule has 4 nitrogen and oxygen atoms in total. The number of carbonyl (C=O) groups excluding carboxylic acids is 1. The van der Waals surface area contributed by atoms with Crippen LogP contribution in [0.15, 0.2) is 18.2 Å². The van der Waals surface area contributed by atoms with Gasteiger partial charge in [-0.25, -0.2) is 0 Å². The number of aromatic hydroxyl groups is 1. The van der Waals surface area contributed by atoms with Crippen LogP contribution in [0.25, 0.3) is 0 Å². The Bertz CT molecular complexity index is 439. The molecule has 0 aliphatic carbocycles. The highest BCUT2D eigenvalue weighted by atomic mass is 16.5. The summed E-state index contributed by atoms with van der Waals surface area (Å²) < 4.78 is 4.89. The molecule has 0 bridgehead atoms. The Kier molecular flexibility index (Phi) is 4.80. The molecule has 4 heteroatoms. The number of likely N-dealkylation sites (tertiary alicyclic amines) is 1. The van der Waals surface area contributed by atoms with E-state index in [0.29, 0.717) is 6.61 Å². The van der Waals surface area contributed by atoms with E-state index >= 15 is 0 Å². The minimum Gasteiger partial charge on any atom is -0.508 e. The second-order valence-electron chi connectivity index (χ2n) is 4.93. The Morgan fingerprint density at radius 1 is 1.37 bits per heavy atom. The first-order valence-electron chi connectivity index (χ1n) is 6.88. The maximum absolute atomic E-state index is 11.4. The van der Waals surface area contributed by atoms with Gasteiger partial charge in [-0.3, -0.25) is 9.69 Å². The lowest BCUT2D eigenvalue weighted by Gasteiger charge is -2.16. The average Bonchev–Trinajstić information content (AvgIpc) is 2.86. The fourth-order valence-electron chi connectivity index (χ4n) is 2.41. The van der Waals surface area contributed by atoms with Crippen molar-refractivity contribution >= 4 is 5.97 Å². The standard InChI is InChI=1S/C15H21NO3/c1-2-19-15(18)10-12-5-6-13(14(17)9-12)11-16-7-3-4-8-16/h5-6,9,17H,2-4,7-8,10-11H2,1H3. The smallest absolute Gasteiger partial charge is 0.310 e. The third-order valence-corrected chi connectivity index (χ3v) is 3.40. The van der Waals surface area contributed by atoms with Gasteiger partial charge in [-0.2, -0.15) is 0 Å². The topological polar surface area (TPSA) is 49.8 Å². The Labute approximate surface area is 114 Å². The fourth-order valence-corrected chi connectivity index (χ4v) is 2.41. The first kappa shape index (κ1) is 13.9. The second-order valence-corrected chi connectivity index (χ2v) is 4.93. The molecule has 1 saturated heterocycles. The molecule has 0 radical (unpaired) electrons. The highest BCUT2D eigenvalue weighted by Crippen LogP contribution is 2.22. The first-order valence-corrected chi connectivity index (χ1v) is 6.88. The van der Waals surface area contributed by atoms with Gasteiger partial charge in [0.2, 0.25) is 0 Å². The highest BCUT2D eigenvalue weighted by molar-refractivity contribution is 5.72. The zero-order valence-corrected chi connectivity index (χ0v) is 11.4. The van der Waals surface area contributed by atoms with E-state index in [2.05, 4.69) is 4.90 Å². The van der Waals surface area contributed by atoms with Crippen LogP contribution < -0.4 is 0 Å². The number of esters is 1. The van der Waals surface area contributed by atoms with Gasteiger partial charge in [-0.05, 0) is 44.5 Å². The summed E-state index contributed by atoms with van der Waals surface area (Å²) in [5.41, 5.74) is 1.72. The van der Waals surface area contributed by atoms with E-state index in [4.69, 9.17) is 4.74 Å². The van der Waals surface area contributed by atoms with Gasteiger partial charge >= 0.3 is 5.97 Å². The predicted octanol–water partition coefficient (Wildman–Crippen LogP) is 2.09. The van der Waals surface area contributed by atoms with E-state index in [-0.39, 0.29) is 18.1 Å². The van der Waals surface area contributed by atoms with Crippen LogP contribution in [0.4, 0.5) is 0 Å². The Morgan fingerprint density at radius 2 is 2.11 bits per heavy atom. The number of hydrogen-bond donors (Lipinski definition) is 1. The summed E-state index contributed by atoms with van der Waals surface area (Å²) in [5, 5.41) is 10.0. The maximum atomic E-state index is 11.4. The summed E-state index contributed by atoms with van der Waals surface area (Å²) >= 11 is 0. The van der Waals surface area contributed by atoms with Crippen molar-refractivity contribution in [3.8, 4) is 5.75 Å². The van der Waals surface area contributed by atoms with E-state index in [1.54, 1.807) is 13.0 Å². The van der Waals surface area contributed by atoms with Crippen molar-refractivity contribution in [2.24, 2.45) is 0 Å². The second kappa shape index (κ2) is 6.57. The molecule has 0 atom stereocenters. The predicted molar refractivity (Wildman–Crippen MR) is 73.0 cm³/mol. The zero-order valence-electron chi connectivity index (χ0n) is 11.4. The van der Waals surface area contributed by atoms with E-state index in [9.17, 15) is 9.90 Å². The van der Waals surface area contributed by atoms with E-state index in [0.717, 1.165) is 30.8 Å². The Morgan fingerprint density at radius 3 is 2.74 bits per heavy atom. The maximum Gasteiger partial charge on any atom is 0.310 e. The molecule has 1 aliphatic rings. The van der Waals surface area contributed by atoms with Crippen molar-refractivity contribution in [3.63, 3.8) is 0 Å². The van der Waals surface area contributed by atoms with Gasteiger partial charge in [0.1, 0.15) is 5.75 Å². The molecule has 1 heterocycles. The number of hydrogen-bond acceptors (Lipinski definition) is 4. The van der Waals surface area contributed by atoms with Crippen LogP contribution in [0, 0.1) is 0 Å². The Hall–Kier alpha value is -1.55. The Balaban J connectivity index is 1.97. The molecule has 1 N–H and O–H groups in total. The third-order valence-electron chi connectivity index (χ3n) is 3.40. The lowest BCUT2D eigenvalue weighted by atomic mass is 10.1. The molecule has 0 amide bonds. The molecule has 104 valence electrons. The van der Waals surface area contributed by atoms with E-state index < -0.39 is 0 Å². The van der Waals surface area contributed by atoms with Crippen LogP contribution in [0.2, 0.25) is 0 Å². The number of nitrogens with zero attached hydrogens (tertiary/aromatic N) is 1. The molecule has 0 spiro atoms. The number of phenolic OH excluding ortho intramolecular Hbond substituents is 1. The number of ether oxygens (including phenoxy) is 1. The summed E-state index contributed by atoms with van der Waals surface area (Å²) in [7, 11) is 0. The largest absolute Gasteiger partial charge is 0.508 e. The van der Waals surface area contributed by atoms with Crippen LogP contribution in [0.5, 0.6) is 5.75 Å². The minimum absolute atomic E-state index is 0.214. The van der Waals surface area contributed by atoms with Crippen LogP contribution in [-0.2, 0) is 22.5 Å².